The molecular formula is C16H22FN3. The van der Waals surface area contributed by atoms with Crippen LogP contribution in [-0.4, -0.2) is 16.8 Å². The van der Waals surface area contributed by atoms with E-state index < -0.39 is 0 Å². The van der Waals surface area contributed by atoms with Crippen molar-refractivity contribution in [3.05, 3.63) is 41.5 Å². The molecule has 1 aromatic heterocycles. The Morgan fingerprint density at radius 3 is 2.60 bits per heavy atom. The second-order valence-electron chi connectivity index (χ2n) is 6.15. The van der Waals surface area contributed by atoms with E-state index in [1.807, 2.05) is 37.1 Å². The SMILES string of the molecule is CNCc1cc(-c2cn(C)nc2C(C)(C)C)ccc1F. The zero-order valence-electron chi connectivity index (χ0n) is 12.8. The fraction of sp³-hybridized carbons (Fsp3) is 0.438. The Labute approximate surface area is 119 Å². The summed E-state index contributed by atoms with van der Waals surface area (Å²) in [4.78, 5) is 0. The normalized spacial score (nSPS) is 11.9. The second kappa shape index (κ2) is 5.37. The Balaban J connectivity index is 2.54. The van der Waals surface area contributed by atoms with Gasteiger partial charge >= 0.3 is 0 Å². The van der Waals surface area contributed by atoms with E-state index in [1.54, 1.807) is 0 Å². The van der Waals surface area contributed by atoms with E-state index in [0.717, 1.165) is 16.8 Å². The standard InChI is InChI=1S/C16H22FN3/c1-16(2,3)15-13(10-20(5)19-15)11-6-7-14(17)12(8-11)9-18-4/h6-8,10,18H,9H2,1-5H3. The summed E-state index contributed by atoms with van der Waals surface area (Å²) >= 11 is 0. The zero-order chi connectivity index (χ0) is 14.9. The molecule has 1 N–H and O–H groups in total. The molecule has 2 aromatic rings. The van der Waals surface area contributed by atoms with Crippen molar-refractivity contribution in [3.63, 3.8) is 0 Å². The highest BCUT2D eigenvalue weighted by Gasteiger charge is 2.23. The van der Waals surface area contributed by atoms with E-state index in [9.17, 15) is 4.39 Å². The van der Waals surface area contributed by atoms with Gasteiger partial charge in [0.25, 0.3) is 0 Å². The molecule has 0 radical (unpaired) electrons. The third kappa shape index (κ3) is 2.90. The lowest BCUT2D eigenvalue weighted by molar-refractivity contribution is 0.554. The van der Waals surface area contributed by atoms with Gasteiger partial charge in [0.2, 0.25) is 0 Å². The van der Waals surface area contributed by atoms with E-state index in [0.29, 0.717) is 12.1 Å². The molecule has 1 aromatic carbocycles. The first-order valence-corrected chi connectivity index (χ1v) is 6.80. The lowest BCUT2D eigenvalue weighted by Gasteiger charge is -2.18. The molecule has 0 bridgehead atoms. The summed E-state index contributed by atoms with van der Waals surface area (Å²) in [7, 11) is 3.73. The minimum atomic E-state index is -0.177. The van der Waals surface area contributed by atoms with E-state index >= 15 is 0 Å². The van der Waals surface area contributed by atoms with Crippen molar-refractivity contribution in [1.29, 1.82) is 0 Å². The molecule has 3 nitrogen and oxygen atoms in total. The van der Waals surface area contributed by atoms with Crippen LogP contribution in [0.3, 0.4) is 0 Å². The molecule has 1 heterocycles. The predicted octanol–water partition coefficient (Wildman–Crippen LogP) is 3.24. The van der Waals surface area contributed by atoms with Crippen LogP contribution in [0.2, 0.25) is 0 Å². The number of aryl methyl sites for hydroxylation is 1. The van der Waals surface area contributed by atoms with Crippen LogP contribution >= 0.6 is 0 Å². The third-order valence-corrected chi connectivity index (χ3v) is 3.26. The number of nitrogens with zero attached hydrogens (tertiary/aromatic N) is 2. The molecule has 20 heavy (non-hydrogen) atoms. The number of hydrogen-bond acceptors (Lipinski definition) is 2. The van der Waals surface area contributed by atoms with Gasteiger partial charge in [-0.2, -0.15) is 5.10 Å². The van der Waals surface area contributed by atoms with Crippen molar-refractivity contribution >= 4 is 0 Å². The van der Waals surface area contributed by atoms with Crippen molar-refractivity contribution in [3.8, 4) is 11.1 Å². The first-order valence-electron chi connectivity index (χ1n) is 6.80. The minimum Gasteiger partial charge on any atom is -0.316 e. The first-order chi connectivity index (χ1) is 9.32. The monoisotopic (exact) mass is 275 g/mol. The van der Waals surface area contributed by atoms with Gasteiger partial charge in [0, 0.05) is 36.3 Å². The summed E-state index contributed by atoms with van der Waals surface area (Å²) in [5.74, 6) is -0.177. The highest BCUT2D eigenvalue weighted by molar-refractivity contribution is 5.67. The zero-order valence-corrected chi connectivity index (χ0v) is 12.8. The number of rotatable bonds is 3. The van der Waals surface area contributed by atoms with Crippen LogP contribution < -0.4 is 5.32 Å². The van der Waals surface area contributed by atoms with Crippen LogP contribution in [0.5, 0.6) is 0 Å². The molecule has 0 saturated carbocycles. The van der Waals surface area contributed by atoms with Crippen molar-refractivity contribution in [1.82, 2.24) is 15.1 Å². The number of benzene rings is 1. The van der Waals surface area contributed by atoms with Gasteiger partial charge in [0.15, 0.2) is 0 Å². The maximum Gasteiger partial charge on any atom is 0.127 e. The molecule has 2 rings (SSSR count). The predicted molar refractivity (Wildman–Crippen MR) is 80.1 cm³/mol. The van der Waals surface area contributed by atoms with Crippen molar-refractivity contribution < 1.29 is 4.39 Å². The smallest absolute Gasteiger partial charge is 0.127 e. The van der Waals surface area contributed by atoms with Crippen LogP contribution in [-0.2, 0) is 19.0 Å². The molecule has 0 atom stereocenters. The highest BCUT2D eigenvalue weighted by atomic mass is 19.1. The van der Waals surface area contributed by atoms with Gasteiger partial charge in [-0.1, -0.05) is 26.8 Å². The maximum atomic E-state index is 13.8. The van der Waals surface area contributed by atoms with Crippen molar-refractivity contribution in [2.24, 2.45) is 7.05 Å². The van der Waals surface area contributed by atoms with E-state index in [2.05, 4.69) is 31.2 Å². The minimum absolute atomic E-state index is 0.0475. The van der Waals surface area contributed by atoms with E-state index in [4.69, 9.17) is 0 Å². The van der Waals surface area contributed by atoms with Gasteiger partial charge in [0.05, 0.1) is 5.69 Å². The van der Waals surface area contributed by atoms with E-state index in [-0.39, 0.29) is 11.2 Å². The Morgan fingerprint density at radius 2 is 2.00 bits per heavy atom. The van der Waals surface area contributed by atoms with Crippen LogP contribution in [0.15, 0.2) is 24.4 Å². The Bertz CT molecular complexity index is 609. The molecule has 4 heteroatoms. The topological polar surface area (TPSA) is 29.9 Å². The fourth-order valence-electron chi connectivity index (χ4n) is 2.32. The quantitative estimate of drug-likeness (QED) is 0.932. The summed E-state index contributed by atoms with van der Waals surface area (Å²) in [6, 6.07) is 5.25. The number of nitrogens with one attached hydrogen (secondary N) is 1. The molecule has 108 valence electrons. The lowest BCUT2D eigenvalue weighted by Crippen LogP contribution is -2.14. The summed E-state index contributed by atoms with van der Waals surface area (Å²) in [5, 5.41) is 7.56. The largest absolute Gasteiger partial charge is 0.316 e. The van der Waals surface area contributed by atoms with Gasteiger partial charge in [-0.3, -0.25) is 4.68 Å². The van der Waals surface area contributed by atoms with Crippen LogP contribution in [0.25, 0.3) is 11.1 Å². The Kier molecular flexibility index (Phi) is 3.95. The van der Waals surface area contributed by atoms with Crippen LogP contribution in [0.1, 0.15) is 32.0 Å². The molecule has 0 fully saturated rings. The Morgan fingerprint density at radius 1 is 1.30 bits per heavy atom. The molecule has 0 saturated heterocycles. The number of halogens is 1. The summed E-state index contributed by atoms with van der Waals surface area (Å²) < 4.78 is 15.6. The third-order valence-electron chi connectivity index (χ3n) is 3.26. The van der Waals surface area contributed by atoms with Gasteiger partial charge in [-0.25, -0.2) is 4.39 Å². The number of aromatic nitrogens is 2. The molecule has 0 spiro atoms. The highest BCUT2D eigenvalue weighted by Crippen LogP contribution is 2.32. The van der Waals surface area contributed by atoms with E-state index in [1.165, 1.54) is 6.07 Å². The fourth-order valence-corrected chi connectivity index (χ4v) is 2.32. The second-order valence-corrected chi connectivity index (χ2v) is 6.15. The maximum absolute atomic E-state index is 13.8. The summed E-state index contributed by atoms with van der Waals surface area (Å²) in [6.45, 7) is 6.93. The molecule has 0 amide bonds. The van der Waals surface area contributed by atoms with Crippen molar-refractivity contribution in [2.45, 2.75) is 32.7 Å². The average Bonchev–Trinajstić information content (AvgIpc) is 2.74. The molecule has 0 unspecified atom stereocenters. The van der Waals surface area contributed by atoms with Crippen molar-refractivity contribution in [2.75, 3.05) is 7.05 Å². The first kappa shape index (κ1) is 14.7. The summed E-state index contributed by atoms with van der Waals surface area (Å²) in [5.41, 5.74) is 3.73. The van der Waals surface area contributed by atoms with Gasteiger partial charge in [-0.05, 0) is 24.7 Å². The Hall–Kier alpha value is -1.68. The molecule has 0 aliphatic rings. The number of hydrogen-bond donors (Lipinski definition) is 1. The van der Waals surface area contributed by atoms with Crippen LogP contribution in [0.4, 0.5) is 4.39 Å². The lowest BCUT2D eigenvalue weighted by atomic mass is 9.87. The molecule has 0 aliphatic carbocycles. The average molecular weight is 275 g/mol. The summed E-state index contributed by atoms with van der Waals surface area (Å²) in [6.07, 6.45) is 2.00. The van der Waals surface area contributed by atoms with Gasteiger partial charge < -0.3 is 5.32 Å². The molecular weight excluding hydrogens is 253 g/mol. The molecule has 0 aliphatic heterocycles. The van der Waals surface area contributed by atoms with Gasteiger partial charge in [-0.15, -0.1) is 0 Å². The van der Waals surface area contributed by atoms with Crippen LogP contribution in [0, 0.1) is 5.82 Å². The van der Waals surface area contributed by atoms with Gasteiger partial charge in [0.1, 0.15) is 5.82 Å².